The average Bonchev–Trinajstić information content (AvgIpc) is 2.86. The van der Waals surface area contributed by atoms with Crippen LogP contribution in [0, 0.1) is 6.92 Å². The standard InChI is InChI=1S/C16H24N2O2/c1-4-17-12-8-9-13(11(2)10-12)16(19)18-14-6-5-7-15(14)20-3/h8-10,14-15,17H,4-7H2,1-3H3,(H,18,19). The van der Waals surface area contributed by atoms with Crippen LogP contribution in [0.25, 0.3) is 0 Å². The summed E-state index contributed by atoms with van der Waals surface area (Å²) in [4.78, 5) is 12.4. The molecule has 1 aromatic rings. The molecule has 2 atom stereocenters. The summed E-state index contributed by atoms with van der Waals surface area (Å²) < 4.78 is 5.42. The highest BCUT2D eigenvalue weighted by Crippen LogP contribution is 2.22. The van der Waals surface area contributed by atoms with Crippen molar-refractivity contribution in [1.82, 2.24) is 5.32 Å². The maximum atomic E-state index is 12.4. The van der Waals surface area contributed by atoms with Crippen LogP contribution in [0.4, 0.5) is 5.69 Å². The van der Waals surface area contributed by atoms with Crippen LogP contribution in [0.5, 0.6) is 0 Å². The number of hydrogen-bond acceptors (Lipinski definition) is 3. The third-order valence-electron chi connectivity index (χ3n) is 3.92. The van der Waals surface area contributed by atoms with Gasteiger partial charge in [-0.3, -0.25) is 4.79 Å². The summed E-state index contributed by atoms with van der Waals surface area (Å²) >= 11 is 0. The highest BCUT2D eigenvalue weighted by Gasteiger charge is 2.28. The van der Waals surface area contributed by atoms with Gasteiger partial charge in [0.05, 0.1) is 12.1 Å². The van der Waals surface area contributed by atoms with Gasteiger partial charge in [-0.25, -0.2) is 0 Å². The molecule has 1 aromatic carbocycles. The van der Waals surface area contributed by atoms with Crippen molar-refractivity contribution in [3.63, 3.8) is 0 Å². The number of methoxy groups -OCH3 is 1. The maximum absolute atomic E-state index is 12.4. The minimum atomic E-state index is -0.000464. The van der Waals surface area contributed by atoms with Gasteiger partial charge in [0.1, 0.15) is 0 Å². The van der Waals surface area contributed by atoms with Crippen molar-refractivity contribution in [2.24, 2.45) is 0 Å². The number of carbonyl (C=O) groups is 1. The third-order valence-corrected chi connectivity index (χ3v) is 3.92. The van der Waals surface area contributed by atoms with Crippen LogP contribution in [0.15, 0.2) is 18.2 Å². The zero-order chi connectivity index (χ0) is 14.5. The van der Waals surface area contributed by atoms with Gasteiger partial charge in [0.15, 0.2) is 0 Å². The van der Waals surface area contributed by atoms with Crippen LogP contribution in [0.1, 0.15) is 42.1 Å². The molecule has 20 heavy (non-hydrogen) atoms. The molecule has 4 heteroatoms. The first-order chi connectivity index (χ1) is 9.65. The number of nitrogens with one attached hydrogen (secondary N) is 2. The zero-order valence-corrected chi connectivity index (χ0v) is 12.5. The molecule has 1 fully saturated rings. The van der Waals surface area contributed by atoms with E-state index in [1.54, 1.807) is 7.11 Å². The summed E-state index contributed by atoms with van der Waals surface area (Å²) in [6.45, 7) is 4.90. The molecule has 2 rings (SSSR count). The van der Waals surface area contributed by atoms with Crippen molar-refractivity contribution in [3.8, 4) is 0 Å². The van der Waals surface area contributed by atoms with Crippen LogP contribution >= 0.6 is 0 Å². The first-order valence-electron chi connectivity index (χ1n) is 7.34. The Balaban J connectivity index is 2.05. The van der Waals surface area contributed by atoms with E-state index >= 15 is 0 Å². The number of benzene rings is 1. The number of aryl methyl sites for hydroxylation is 1. The number of anilines is 1. The summed E-state index contributed by atoms with van der Waals surface area (Å²) in [5.41, 5.74) is 2.79. The summed E-state index contributed by atoms with van der Waals surface area (Å²) in [6, 6.07) is 5.99. The highest BCUT2D eigenvalue weighted by molar-refractivity contribution is 5.96. The molecule has 0 heterocycles. The van der Waals surface area contributed by atoms with Crippen LogP contribution < -0.4 is 10.6 Å². The first kappa shape index (κ1) is 14.9. The van der Waals surface area contributed by atoms with Gasteiger partial charge < -0.3 is 15.4 Å². The Morgan fingerprint density at radius 2 is 2.20 bits per heavy atom. The fraction of sp³-hybridized carbons (Fsp3) is 0.562. The molecule has 4 nitrogen and oxygen atoms in total. The van der Waals surface area contributed by atoms with Crippen LogP contribution in [0.3, 0.4) is 0 Å². The lowest BCUT2D eigenvalue weighted by atomic mass is 10.1. The van der Waals surface area contributed by atoms with Gasteiger partial charge in [-0.05, 0) is 56.9 Å². The second-order valence-electron chi connectivity index (χ2n) is 5.35. The van der Waals surface area contributed by atoms with Gasteiger partial charge >= 0.3 is 0 Å². The molecule has 1 aliphatic carbocycles. The fourth-order valence-corrected chi connectivity index (χ4v) is 2.85. The predicted molar refractivity (Wildman–Crippen MR) is 81.2 cm³/mol. The Bertz CT molecular complexity index is 474. The Labute approximate surface area is 120 Å². The summed E-state index contributed by atoms with van der Waals surface area (Å²) in [6.07, 6.45) is 3.29. The van der Waals surface area contributed by atoms with E-state index < -0.39 is 0 Å². The molecule has 2 N–H and O–H groups in total. The third kappa shape index (κ3) is 3.31. The van der Waals surface area contributed by atoms with E-state index in [-0.39, 0.29) is 18.1 Å². The van der Waals surface area contributed by atoms with E-state index in [0.29, 0.717) is 0 Å². The quantitative estimate of drug-likeness (QED) is 0.869. The number of ether oxygens (including phenoxy) is 1. The zero-order valence-electron chi connectivity index (χ0n) is 12.5. The number of carbonyl (C=O) groups excluding carboxylic acids is 1. The van der Waals surface area contributed by atoms with E-state index in [0.717, 1.165) is 42.6 Å². The van der Waals surface area contributed by atoms with Gasteiger partial charge in [0, 0.05) is 24.9 Å². The first-order valence-corrected chi connectivity index (χ1v) is 7.34. The minimum absolute atomic E-state index is 0.000464. The van der Waals surface area contributed by atoms with Crippen molar-refractivity contribution in [2.75, 3.05) is 19.0 Å². The lowest BCUT2D eigenvalue weighted by molar-refractivity contribution is 0.0722. The topological polar surface area (TPSA) is 50.4 Å². The average molecular weight is 276 g/mol. The van der Waals surface area contributed by atoms with E-state index in [9.17, 15) is 4.79 Å². The van der Waals surface area contributed by atoms with Gasteiger partial charge in [-0.1, -0.05) is 0 Å². The minimum Gasteiger partial charge on any atom is -0.385 e. The Kier molecular flexibility index (Phi) is 5.01. The van der Waals surface area contributed by atoms with E-state index in [4.69, 9.17) is 4.74 Å². The largest absolute Gasteiger partial charge is 0.385 e. The summed E-state index contributed by atoms with van der Waals surface area (Å²) in [5, 5.41) is 6.36. The second kappa shape index (κ2) is 6.75. The smallest absolute Gasteiger partial charge is 0.251 e. The van der Waals surface area contributed by atoms with Gasteiger partial charge in [-0.15, -0.1) is 0 Å². The van der Waals surface area contributed by atoms with Crippen molar-refractivity contribution in [2.45, 2.75) is 45.3 Å². The summed E-state index contributed by atoms with van der Waals surface area (Å²) in [5.74, 6) is -0.000464. The molecule has 2 unspecified atom stereocenters. The molecule has 0 spiro atoms. The molecular formula is C16H24N2O2. The van der Waals surface area contributed by atoms with Crippen LogP contribution in [0.2, 0.25) is 0 Å². The highest BCUT2D eigenvalue weighted by atomic mass is 16.5. The molecule has 1 saturated carbocycles. The van der Waals surface area contributed by atoms with Gasteiger partial charge in [0.2, 0.25) is 0 Å². The molecule has 110 valence electrons. The molecular weight excluding hydrogens is 252 g/mol. The normalized spacial score (nSPS) is 21.8. The van der Waals surface area contributed by atoms with Crippen LogP contribution in [-0.4, -0.2) is 31.7 Å². The fourth-order valence-electron chi connectivity index (χ4n) is 2.85. The van der Waals surface area contributed by atoms with Gasteiger partial charge in [0.25, 0.3) is 5.91 Å². The number of amides is 1. The Morgan fingerprint density at radius 3 is 2.85 bits per heavy atom. The molecule has 1 aliphatic rings. The lowest BCUT2D eigenvalue weighted by Gasteiger charge is -2.20. The molecule has 0 bridgehead atoms. The second-order valence-corrected chi connectivity index (χ2v) is 5.35. The monoisotopic (exact) mass is 276 g/mol. The molecule has 1 amide bonds. The number of rotatable bonds is 5. The van der Waals surface area contributed by atoms with Crippen molar-refractivity contribution >= 4 is 11.6 Å². The van der Waals surface area contributed by atoms with E-state index in [1.165, 1.54) is 0 Å². The molecule has 0 aliphatic heterocycles. The van der Waals surface area contributed by atoms with Crippen LogP contribution in [-0.2, 0) is 4.74 Å². The predicted octanol–water partition coefficient (Wildman–Crippen LogP) is 2.72. The SMILES string of the molecule is CCNc1ccc(C(=O)NC2CCCC2OC)c(C)c1. The Morgan fingerprint density at radius 1 is 1.40 bits per heavy atom. The summed E-state index contributed by atoms with van der Waals surface area (Å²) in [7, 11) is 1.71. The molecule has 0 saturated heterocycles. The Hall–Kier alpha value is -1.55. The molecule has 0 radical (unpaired) electrons. The lowest BCUT2D eigenvalue weighted by Crippen LogP contribution is -2.40. The maximum Gasteiger partial charge on any atom is 0.251 e. The van der Waals surface area contributed by atoms with E-state index in [2.05, 4.69) is 17.6 Å². The van der Waals surface area contributed by atoms with Crippen molar-refractivity contribution in [1.29, 1.82) is 0 Å². The van der Waals surface area contributed by atoms with Gasteiger partial charge in [-0.2, -0.15) is 0 Å². The van der Waals surface area contributed by atoms with E-state index in [1.807, 2.05) is 25.1 Å². The van der Waals surface area contributed by atoms with Crippen molar-refractivity contribution < 1.29 is 9.53 Å². The van der Waals surface area contributed by atoms with Crippen molar-refractivity contribution in [3.05, 3.63) is 29.3 Å². The molecule has 0 aromatic heterocycles. The number of hydrogen-bond donors (Lipinski definition) is 2.